The number of allylic oxidation sites excluding steroid dienone is 2. The number of rotatable bonds is 58. The second-order valence-corrected chi connectivity index (χ2v) is 21.4. The van der Waals surface area contributed by atoms with E-state index in [1.54, 1.807) is 0 Å². The zero-order valence-corrected chi connectivity index (χ0v) is 46.1. The van der Waals surface area contributed by atoms with Crippen LogP contribution in [0.15, 0.2) is 12.2 Å². The monoisotopic (exact) mass is 960 g/mol. The molecule has 0 saturated heterocycles. The molecule has 0 aromatic carbocycles. The highest BCUT2D eigenvalue weighted by Crippen LogP contribution is 2.18. The van der Waals surface area contributed by atoms with Crippen molar-refractivity contribution >= 4 is 11.9 Å². The van der Waals surface area contributed by atoms with E-state index in [1.165, 1.54) is 270 Å². The second kappa shape index (κ2) is 58.2. The number of esters is 1. The normalized spacial score (nSPS) is 12.6. The van der Waals surface area contributed by atoms with Gasteiger partial charge in [0.2, 0.25) is 5.91 Å². The van der Waals surface area contributed by atoms with Crippen molar-refractivity contribution in [3.8, 4) is 0 Å². The Hall–Kier alpha value is -1.40. The van der Waals surface area contributed by atoms with Gasteiger partial charge in [-0.1, -0.05) is 296 Å². The molecular weight excluding hydrogens is 839 g/mol. The van der Waals surface area contributed by atoms with Crippen LogP contribution >= 0.6 is 0 Å². The van der Waals surface area contributed by atoms with E-state index in [9.17, 15) is 19.8 Å². The average molecular weight is 961 g/mol. The van der Waals surface area contributed by atoms with Crippen LogP contribution in [0.1, 0.15) is 348 Å². The van der Waals surface area contributed by atoms with E-state index in [-0.39, 0.29) is 18.5 Å². The lowest BCUT2D eigenvalue weighted by molar-refractivity contribution is -0.143. The van der Waals surface area contributed by atoms with Gasteiger partial charge in [-0.25, -0.2) is 0 Å². The summed E-state index contributed by atoms with van der Waals surface area (Å²) in [5, 5.41) is 23.3. The number of amides is 1. The number of aliphatic hydroxyl groups excluding tert-OH is 2. The standard InChI is InChI=1S/C62H121NO5/c1-3-5-7-9-11-13-15-17-27-32-36-40-44-48-52-56-62(67)68-57-53-49-45-41-37-33-29-26-24-22-20-19-21-23-25-28-31-35-39-43-47-51-55-61(66)63-59(58-64)60(65)54-50-46-42-38-34-30-18-16-14-12-10-8-6-4-2/h17,27,59-60,64-65H,3-16,18-26,28-58H2,1-2H3,(H,63,66)/b27-17-. The summed E-state index contributed by atoms with van der Waals surface area (Å²) < 4.78 is 5.48. The van der Waals surface area contributed by atoms with Crippen LogP contribution in [0.2, 0.25) is 0 Å². The predicted molar refractivity (Wildman–Crippen MR) is 297 cm³/mol. The van der Waals surface area contributed by atoms with Gasteiger partial charge in [-0.05, 0) is 51.4 Å². The van der Waals surface area contributed by atoms with Gasteiger partial charge in [0.25, 0.3) is 0 Å². The maximum absolute atomic E-state index is 12.5. The second-order valence-electron chi connectivity index (χ2n) is 21.4. The fourth-order valence-corrected chi connectivity index (χ4v) is 9.81. The number of ether oxygens (including phenoxy) is 1. The number of aliphatic hydroxyl groups is 2. The Morgan fingerprint density at radius 3 is 1.04 bits per heavy atom. The van der Waals surface area contributed by atoms with Gasteiger partial charge in [0.15, 0.2) is 0 Å². The van der Waals surface area contributed by atoms with Gasteiger partial charge in [0, 0.05) is 12.8 Å². The van der Waals surface area contributed by atoms with E-state index >= 15 is 0 Å². The minimum Gasteiger partial charge on any atom is -0.466 e. The van der Waals surface area contributed by atoms with Gasteiger partial charge >= 0.3 is 5.97 Å². The maximum atomic E-state index is 12.5. The van der Waals surface area contributed by atoms with Crippen molar-refractivity contribution in [2.45, 2.75) is 360 Å². The van der Waals surface area contributed by atoms with Crippen LogP contribution in [-0.4, -0.2) is 47.4 Å². The van der Waals surface area contributed by atoms with Crippen molar-refractivity contribution in [2.75, 3.05) is 13.2 Å². The molecule has 0 aliphatic rings. The van der Waals surface area contributed by atoms with Crippen LogP contribution in [-0.2, 0) is 14.3 Å². The Balaban J connectivity index is 3.36. The highest BCUT2D eigenvalue weighted by Gasteiger charge is 2.20. The largest absolute Gasteiger partial charge is 0.466 e. The lowest BCUT2D eigenvalue weighted by Crippen LogP contribution is -2.45. The number of nitrogens with one attached hydrogen (secondary N) is 1. The van der Waals surface area contributed by atoms with E-state index in [0.717, 1.165) is 44.9 Å². The molecule has 0 fully saturated rings. The molecule has 0 aliphatic heterocycles. The minimum atomic E-state index is -0.663. The SMILES string of the molecule is CCCCCCCC/C=C\CCCCCCCC(=O)OCCCCCCCCCCCCCCCCCCCCCCCCC(=O)NC(CO)C(O)CCCCCCCCCCCCCCCC. The molecule has 404 valence electrons. The molecule has 0 spiro atoms. The third-order valence-corrected chi connectivity index (χ3v) is 14.6. The molecule has 0 aromatic rings. The Morgan fingerprint density at radius 2 is 0.691 bits per heavy atom. The van der Waals surface area contributed by atoms with Crippen molar-refractivity contribution in [1.29, 1.82) is 0 Å². The first-order valence-corrected chi connectivity index (χ1v) is 30.9. The molecule has 0 aliphatic carbocycles. The molecule has 2 atom stereocenters. The Kier molecular flexibility index (Phi) is 57.0. The summed E-state index contributed by atoms with van der Waals surface area (Å²) >= 11 is 0. The quantitative estimate of drug-likeness (QED) is 0.0321. The molecule has 3 N–H and O–H groups in total. The van der Waals surface area contributed by atoms with Crippen molar-refractivity contribution in [2.24, 2.45) is 0 Å². The molecule has 0 saturated carbocycles. The third-order valence-electron chi connectivity index (χ3n) is 14.6. The Morgan fingerprint density at radius 1 is 0.397 bits per heavy atom. The molecule has 0 radical (unpaired) electrons. The van der Waals surface area contributed by atoms with Crippen molar-refractivity contribution in [1.82, 2.24) is 5.32 Å². The van der Waals surface area contributed by atoms with Gasteiger partial charge in [-0.3, -0.25) is 9.59 Å². The van der Waals surface area contributed by atoms with E-state index in [0.29, 0.717) is 25.9 Å². The third kappa shape index (κ3) is 53.9. The van der Waals surface area contributed by atoms with Crippen molar-refractivity contribution < 1.29 is 24.5 Å². The van der Waals surface area contributed by atoms with Gasteiger partial charge in [0.1, 0.15) is 0 Å². The average Bonchev–Trinajstić information content (AvgIpc) is 3.34. The summed E-state index contributed by atoms with van der Waals surface area (Å²) in [7, 11) is 0. The minimum absolute atomic E-state index is 0.00601. The fraction of sp³-hybridized carbons (Fsp3) is 0.935. The van der Waals surface area contributed by atoms with Gasteiger partial charge in [0.05, 0.1) is 25.4 Å². The summed E-state index contributed by atoms with van der Waals surface area (Å²) in [5.41, 5.74) is 0. The predicted octanol–water partition coefficient (Wildman–Crippen LogP) is 19.2. The molecule has 0 aromatic heterocycles. The molecule has 1 amide bonds. The zero-order valence-electron chi connectivity index (χ0n) is 46.1. The summed E-state index contributed by atoms with van der Waals surface area (Å²) in [4.78, 5) is 24.5. The van der Waals surface area contributed by atoms with Gasteiger partial charge in [-0.2, -0.15) is 0 Å². The number of hydrogen-bond donors (Lipinski definition) is 3. The summed E-state index contributed by atoms with van der Waals surface area (Å²) in [6.45, 7) is 4.96. The molecule has 2 unspecified atom stereocenters. The smallest absolute Gasteiger partial charge is 0.305 e. The summed E-state index contributed by atoms with van der Waals surface area (Å²) in [5.74, 6) is -0.0272. The highest BCUT2D eigenvalue weighted by molar-refractivity contribution is 5.76. The molecule has 0 rings (SSSR count). The number of carbonyl (C=O) groups excluding carboxylic acids is 2. The molecule has 0 bridgehead atoms. The van der Waals surface area contributed by atoms with E-state index in [4.69, 9.17) is 4.74 Å². The van der Waals surface area contributed by atoms with E-state index in [2.05, 4.69) is 31.3 Å². The molecular formula is C62H121NO5. The Bertz CT molecular complexity index is 1020. The van der Waals surface area contributed by atoms with Crippen LogP contribution in [0.5, 0.6) is 0 Å². The first-order chi connectivity index (χ1) is 33.5. The number of unbranched alkanes of at least 4 members (excludes halogenated alkanes) is 45. The van der Waals surface area contributed by atoms with Crippen molar-refractivity contribution in [3.63, 3.8) is 0 Å². The zero-order chi connectivity index (χ0) is 49.3. The maximum Gasteiger partial charge on any atom is 0.305 e. The lowest BCUT2D eigenvalue weighted by Gasteiger charge is -2.22. The number of hydrogen-bond acceptors (Lipinski definition) is 5. The van der Waals surface area contributed by atoms with Crippen LogP contribution in [0.4, 0.5) is 0 Å². The van der Waals surface area contributed by atoms with Crippen LogP contribution in [0, 0.1) is 0 Å². The molecule has 6 nitrogen and oxygen atoms in total. The number of carbonyl (C=O) groups is 2. The van der Waals surface area contributed by atoms with Gasteiger partial charge < -0.3 is 20.3 Å². The van der Waals surface area contributed by atoms with Gasteiger partial charge in [-0.15, -0.1) is 0 Å². The fourth-order valence-electron chi connectivity index (χ4n) is 9.81. The Labute approximate surface area is 425 Å². The van der Waals surface area contributed by atoms with Crippen LogP contribution in [0.25, 0.3) is 0 Å². The van der Waals surface area contributed by atoms with Crippen LogP contribution < -0.4 is 5.32 Å². The molecule has 68 heavy (non-hydrogen) atoms. The highest BCUT2D eigenvalue weighted by atomic mass is 16.5. The molecule has 0 heterocycles. The summed E-state index contributed by atoms with van der Waals surface area (Å²) in [6, 6.07) is -0.540. The first kappa shape index (κ1) is 66.6. The van der Waals surface area contributed by atoms with Crippen molar-refractivity contribution in [3.05, 3.63) is 12.2 Å². The first-order valence-electron chi connectivity index (χ1n) is 30.9. The van der Waals surface area contributed by atoms with Crippen LogP contribution in [0.3, 0.4) is 0 Å². The van der Waals surface area contributed by atoms with E-state index < -0.39 is 12.1 Å². The summed E-state index contributed by atoms with van der Waals surface area (Å²) in [6.07, 6.45) is 69.3. The van der Waals surface area contributed by atoms with E-state index in [1.807, 2.05) is 0 Å². The lowest BCUT2D eigenvalue weighted by atomic mass is 10.0. The molecule has 6 heteroatoms. The topological polar surface area (TPSA) is 95.9 Å².